The van der Waals surface area contributed by atoms with Crippen molar-refractivity contribution in [2.24, 2.45) is 0 Å². The fraction of sp³-hybridized carbons (Fsp3) is 0.533. The van der Waals surface area contributed by atoms with Gasteiger partial charge in [-0.2, -0.15) is 0 Å². The molecule has 0 bridgehead atoms. The first-order valence-electron chi connectivity index (χ1n) is 6.73. The number of aliphatic hydroxyl groups excluding tert-OH is 1. The number of carbonyl (C=O) groups is 1. The smallest absolute Gasteiger partial charge is 0.223 e. The maximum atomic E-state index is 11.9. The predicted octanol–water partition coefficient (Wildman–Crippen LogP) is 2.07. The molecular formula is C15H23NO3. The summed E-state index contributed by atoms with van der Waals surface area (Å²) in [5.41, 5.74) is 0. The Morgan fingerprint density at radius 2 is 2.00 bits per heavy atom. The quantitative estimate of drug-likeness (QED) is 0.732. The summed E-state index contributed by atoms with van der Waals surface area (Å²) >= 11 is 0. The molecule has 4 heteroatoms. The maximum Gasteiger partial charge on any atom is 0.223 e. The number of carbonyl (C=O) groups excluding carboxylic acids is 1. The molecule has 0 fully saturated rings. The number of para-hydroxylation sites is 1. The van der Waals surface area contributed by atoms with Crippen LogP contribution in [-0.4, -0.2) is 41.7 Å². The molecule has 4 nitrogen and oxygen atoms in total. The van der Waals surface area contributed by atoms with Crippen LogP contribution in [0.25, 0.3) is 0 Å². The van der Waals surface area contributed by atoms with E-state index >= 15 is 0 Å². The van der Waals surface area contributed by atoms with E-state index in [2.05, 4.69) is 0 Å². The minimum Gasteiger partial charge on any atom is -0.494 e. The fourth-order valence-corrected chi connectivity index (χ4v) is 1.85. The van der Waals surface area contributed by atoms with E-state index in [-0.39, 0.29) is 18.6 Å². The van der Waals surface area contributed by atoms with Crippen LogP contribution in [-0.2, 0) is 4.79 Å². The van der Waals surface area contributed by atoms with Crippen LogP contribution in [0.15, 0.2) is 30.3 Å². The lowest BCUT2D eigenvalue weighted by molar-refractivity contribution is -0.133. The molecule has 1 aromatic rings. The lowest BCUT2D eigenvalue weighted by Gasteiger charge is -2.26. The Hall–Kier alpha value is -1.55. The number of nitrogens with zero attached hydrogens (tertiary/aromatic N) is 1. The normalized spacial score (nSPS) is 10.5. The molecule has 0 radical (unpaired) electrons. The minimum absolute atomic E-state index is 0.00440. The average Bonchev–Trinajstić information content (AvgIpc) is 2.41. The Balaban J connectivity index is 2.26. The highest BCUT2D eigenvalue weighted by Crippen LogP contribution is 2.09. The summed E-state index contributed by atoms with van der Waals surface area (Å²) in [4.78, 5) is 13.6. The molecule has 0 saturated heterocycles. The Morgan fingerprint density at radius 1 is 1.32 bits per heavy atom. The van der Waals surface area contributed by atoms with Gasteiger partial charge in [-0.3, -0.25) is 4.79 Å². The topological polar surface area (TPSA) is 49.8 Å². The largest absolute Gasteiger partial charge is 0.494 e. The highest BCUT2D eigenvalue weighted by atomic mass is 16.5. The van der Waals surface area contributed by atoms with E-state index in [1.165, 1.54) is 0 Å². The van der Waals surface area contributed by atoms with E-state index in [4.69, 9.17) is 9.84 Å². The Morgan fingerprint density at radius 3 is 2.58 bits per heavy atom. The second-order valence-corrected chi connectivity index (χ2v) is 4.67. The monoisotopic (exact) mass is 265 g/mol. The number of benzene rings is 1. The summed E-state index contributed by atoms with van der Waals surface area (Å²) in [5, 5.41) is 8.94. The Bertz CT molecular complexity index is 365. The number of amides is 1. The SMILES string of the molecule is CC(C)N(CCO)C(=O)CCCOc1ccccc1. The van der Waals surface area contributed by atoms with Crippen LogP contribution in [0.5, 0.6) is 5.75 Å². The first-order valence-corrected chi connectivity index (χ1v) is 6.73. The van der Waals surface area contributed by atoms with Gasteiger partial charge in [-0.1, -0.05) is 18.2 Å². The zero-order valence-electron chi connectivity index (χ0n) is 11.7. The highest BCUT2D eigenvalue weighted by molar-refractivity contribution is 5.76. The molecule has 19 heavy (non-hydrogen) atoms. The second-order valence-electron chi connectivity index (χ2n) is 4.67. The summed E-state index contributed by atoms with van der Waals surface area (Å²) in [5.74, 6) is 0.895. The molecule has 0 aliphatic heterocycles. The van der Waals surface area contributed by atoms with Crippen LogP contribution in [0.1, 0.15) is 26.7 Å². The number of aliphatic hydroxyl groups is 1. The first kappa shape index (κ1) is 15.5. The zero-order valence-corrected chi connectivity index (χ0v) is 11.7. The van der Waals surface area contributed by atoms with Crippen LogP contribution >= 0.6 is 0 Å². The lowest BCUT2D eigenvalue weighted by Crippen LogP contribution is -2.39. The predicted molar refractivity (Wildman–Crippen MR) is 75.1 cm³/mol. The van der Waals surface area contributed by atoms with Gasteiger partial charge in [-0.25, -0.2) is 0 Å². The molecule has 1 amide bonds. The van der Waals surface area contributed by atoms with Crippen molar-refractivity contribution in [3.05, 3.63) is 30.3 Å². The van der Waals surface area contributed by atoms with E-state index < -0.39 is 0 Å². The zero-order chi connectivity index (χ0) is 14.1. The van der Waals surface area contributed by atoms with Gasteiger partial charge in [0.15, 0.2) is 0 Å². The number of rotatable bonds is 8. The Labute approximate surface area is 115 Å². The molecule has 0 atom stereocenters. The first-order chi connectivity index (χ1) is 9.15. The van der Waals surface area contributed by atoms with Gasteiger partial charge >= 0.3 is 0 Å². The fourth-order valence-electron chi connectivity index (χ4n) is 1.85. The molecular weight excluding hydrogens is 242 g/mol. The molecule has 1 N–H and O–H groups in total. The van der Waals surface area contributed by atoms with Gasteiger partial charge in [0.05, 0.1) is 13.2 Å². The van der Waals surface area contributed by atoms with Gasteiger partial charge in [0.25, 0.3) is 0 Å². The van der Waals surface area contributed by atoms with Crippen LogP contribution in [0.2, 0.25) is 0 Å². The molecule has 1 aromatic carbocycles. The van der Waals surface area contributed by atoms with Crippen molar-refractivity contribution >= 4 is 5.91 Å². The van der Waals surface area contributed by atoms with Crippen LogP contribution < -0.4 is 4.74 Å². The Kier molecular flexibility index (Phi) is 6.97. The van der Waals surface area contributed by atoms with Gasteiger partial charge in [0, 0.05) is 19.0 Å². The van der Waals surface area contributed by atoms with E-state index in [1.807, 2.05) is 44.2 Å². The van der Waals surface area contributed by atoms with Gasteiger partial charge in [-0.05, 0) is 32.4 Å². The van der Waals surface area contributed by atoms with E-state index in [0.29, 0.717) is 26.0 Å². The van der Waals surface area contributed by atoms with E-state index in [0.717, 1.165) is 5.75 Å². The van der Waals surface area contributed by atoms with E-state index in [1.54, 1.807) is 4.90 Å². The molecule has 0 aromatic heterocycles. The summed E-state index contributed by atoms with van der Waals surface area (Å²) in [6.07, 6.45) is 1.13. The molecule has 106 valence electrons. The molecule has 0 heterocycles. The third-order valence-electron chi connectivity index (χ3n) is 2.83. The van der Waals surface area contributed by atoms with Crippen LogP contribution in [0, 0.1) is 0 Å². The number of hydrogen-bond acceptors (Lipinski definition) is 3. The molecule has 0 aliphatic rings. The summed E-state index contributed by atoms with van der Waals surface area (Å²) in [6, 6.07) is 9.69. The second kappa shape index (κ2) is 8.53. The minimum atomic E-state index is 0.00440. The average molecular weight is 265 g/mol. The van der Waals surface area contributed by atoms with Crippen molar-refractivity contribution in [1.29, 1.82) is 0 Å². The van der Waals surface area contributed by atoms with Crippen molar-refractivity contribution < 1.29 is 14.6 Å². The van der Waals surface area contributed by atoms with Gasteiger partial charge in [-0.15, -0.1) is 0 Å². The third-order valence-corrected chi connectivity index (χ3v) is 2.83. The van der Waals surface area contributed by atoms with Gasteiger partial charge in [0.1, 0.15) is 5.75 Å². The van der Waals surface area contributed by atoms with Crippen LogP contribution in [0.4, 0.5) is 0 Å². The van der Waals surface area contributed by atoms with Gasteiger partial charge in [0.2, 0.25) is 5.91 Å². The molecule has 1 rings (SSSR count). The standard InChI is InChI=1S/C15H23NO3/c1-13(2)16(10-11-17)15(18)9-6-12-19-14-7-4-3-5-8-14/h3-5,7-8,13,17H,6,9-12H2,1-2H3. The van der Waals surface area contributed by atoms with Crippen molar-refractivity contribution in [2.75, 3.05) is 19.8 Å². The van der Waals surface area contributed by atoms with Crippen molar-refractivity contribution in [2.45, 2.75) is 32.7 Å². The third kappa shape index (κ3) is 5.75. The van der Waals surface area contributed by atoms with E-state index in [9.17, 15) is 4.79 Å². The molecule has 0 aliphatic carbocycles. The van der Waals surface area contributed by atoms with Crippen molar-refractivity contribution in [3.63, 3.8) is 0 Å². The molecule has 0 spiro atoms. The molecule has 0 unspecified atom stereocenters. The number of ether oxygens (including phenoxy) is 1. The highest BCUT2D eigenvalue weighted by Gasteiger charge is 2.15. The molecule has 0 saturated carbocycles. The van der Waals surface area contributed by atoms with Gasteiger partial charge < -0.3 is 14.7 Å². The lowest BCUT2D eigenvalue weighted by atomic mass is 10.2. The summed E-state index contributed by atoms with van der Waals surface area (Å²) in [7, 11) is 0. The van der Waals surface area contributed by atoms with Crippen LogP contribution in [0.3, 0.4) is 0 Å². The number of hydrogen-bond donors (Lipinski definition) is 1. The van der Waals surface area contributed by atoms with Crippen molar-refractivity contribution in [1.82, 2.24) is 4.90 Å². The summed E-state index contributed by atoms with van der Waals surface area (Å²) < 4.78 is 5.54. The van der Waals surface area contributed by atoms with Crippen molar-refractivity contribution in [3.8, 4) is 5.75 Å². The summed E-state index contributed by atoms with van der Waals surface area (Å²) in [6.45, 7) is 4.84. The maximum absolute atomic E-state index is 11.9.